The number of nitrogens with zero attached hydrogens (tertiary/aromatic N) is 1. The molecule has 2 atom stereocenters. The van der Waals surface area contributed by atoms with Gasteiger partial charge in [0, 0.05) is 5.56 Å². The summed E-state index contributed by atoms with van der Waals surface area (Å²) in [7, 11) is 0. The highest BCUT2D eigenvalue weighted by molar-refractivity contribution is 5.79. The zero-order valence-corrected chi connectivity index (χ0v) is 19.1. The Balaban J connectivity index is 1.79. The number of hydrogen-bond acceptors (Lipinski definition) is 5. The first-order valence-corrected chi connectivity index (χ1v) is 10.8. The Morgan fingerprint density at radius 3 is 2.24 bits per heavy atom. The average Bonchev–Trinajstić information content (AvgIpc) is 2.79. The van der Waals surface area contributed by atoms with Gasteiger partial charge in [0.2, 0.25) is 6.10 Å². The molecule has 0 bridgehead atoms. The first kappa shape index (κ1) is 24.7. The maximum atomic E-state index is 13.1. The maximum absolute atomic E-state index is 13.1. The fourth-order valence-corrected chi connectivity index (χ4v) is 3.61. The summed E-state index contributed by atoms with van der Waals surface area (Å²) in [6.45, 7) is 2.38. The quantitative estimate of drug-likeness (QED) is 0.320. The van der Waals surface area contributed by atoms with Crippen molar-refractivity contribution in [2.24, 2.45) is 5.92 Å². The van der Waals surface area contributed by atoms with Crippen LogP contribution in [0.25, 0.3) is 0 Å². The fraction of sp³-hybridized carbons (Fsp3) is 0.259. The number of ether oxygens (including phenoxy) is 3. The third-order valence-corrected chi connectivity index (χ3v) is 5.19. The Kier molecular flexibility index (Phi) is 8.20. The second-order valence-electron chi connectivity index (χ2n) is 8.06. The zero-order valence-electron chi connectivity index (χ0n) is 19.1. The summed E-state index contributed by atoms with van der Waals surface area (Å²) in [5, 5.41) is 9.71. The number of aryl methyl sites for hydroxylation is 1. The molecule has 0 aliphatic rings. The molecule has 0 spiro atoms. The van der Waals surface area contributed by atoms with Crippen molar-refractivity contribution in [3.63, 3.8) is 0 Å². The van der Waals surface area contributed by atoms with Crippen LogP contribution in [0.5, 0.6) is 17.2 Å². The van der Waals surface area contributed by atoms with Crippen LogP contribution < -0.4 is 9.47 Å². The maximum Gasteiger partial charge on any atom is 0.387 e. The smallest absolute Gasteiger partial charge is 0.387 e. The molecule has 3 aromatic carbocycles. The molecule has 7 heteroatoms. The SMILES string of the molecule is Cc1cc(C(C(=O)OC(C#N)c2cccc(Oc3ccccc3)c2)C(C)C)ccc1OC(F)F. The van der Waals surface area contributed by atoms with Crippen LogP contribution in [-0.2, 0) is 9.53 Å². The molecule has 0 heterocycles. The third-order valence-electron chi connectivity index (χ3n) is 5.19. The fourth-order valence-electron chi connectivity index (χ4n) is 3.61. The lowest BCUT2D eigenvalue weighted by Crippen LogP contribution is -2.23. The number of nitriles is 1. The van der Waals surface area contributed by atoms with Crippen molar-refractivity contribution in [1.82, 2.24) is 0 Å². The summed E-state index contributed by atoms with van der Waals surface area (Å²) in [5.74, 6) is -0.261. The van der Waals surface area contributed by atoms with Crippen LogP contribution in [0.1, 0.15) is 42.6 Å². The largest absolute Gasteiger partial charge is 0.457 e. The Labute approximate surface area is 197 Å². The van der Waals surface area contributed by atoms with Crippen LogP contribution in [0.15, 0.2) is 72.8 Å². The van der Waals surface area contributed by atoms with Gasteiger partial charge in [-0.25, -0.2) is 0 Å². The second-order valence-corrected chi connectivity index (χ2v) is 8.06. The molecule has 0 radical (unpaired) electrons. The number of alkyl halides is 2. The van der Waals surface area contributed by atoms with Gasteiger partial charge in [-0.3, -0.25) is 4.79 Å². The molecule has 0 N–H and O–H groups in total. The number of esters is 1. The zero-order chi connectivity index (χ0) is 24.7. The topological polar surface area (TPSA) is 68.6 Å². The van der Waals surface area contributed by atoms with Crippen LogP contribution >= 0.6 is 0 Å². The molecule has 0 saturated heterocycles. The highest BCUT2D eigenvalue weighted by atomic mass is 19.3. The van der Waals surface area contributed by atoms with Gasteiger partial charge in [-0.2, -0.15) is 14.0 Å². The number of carbonyl (C=O) groups is 1. The predicted molar refractivity (Wildman–Crippen MR) is 123 cm³/mol. The summed E-state index contributed by atoms with van der Waals surface area (Å²) >= 11 is 0. The predicted octanol–water partition coefficient (Wildman–Crippen LogP) is 6.94. The normalized spacial score (nSPS) is 12.6. The van der Waals surface area contributed by atoms with Gasteiger partial charge < -0.3 is 14.2 Å². The van der Waals surface area contributed by atoms with Gasteiger partial charge in [-0.1, -0.05) is 56.3 Å². The molecule has 0 amide bonds. The van der Waals surface area contributed by atoms with Crippen molar-refractivity contribution >= 4 is 5.97 Å². The number of rotatable bonds is 9. The van der Waals surface area contributed by atoms with Crippen LogP contribution in [-0.4, -0.2) is 12.6 Å². The lowest BCUT2D eigenvalue weighted by molar-refractivity contribution is -0.150. The molecular weight excluding hydrogens is 440 g/mol. The van der Waals surface area contributed by atoms with Crippen molar-refractivity contribution < 1.29 is 27.8 Å². The van der Waals surface area contributed by atoms with E-state index in [1.807, 2.05) is 38.1 Å². The molecule has 176 valence electrons. The van der Waals surface area contributed by atoms with Gasteiger partial charge in [0.1, 0.15) is 23.3 Å². The van der Waals surface area contributed by atoms with Crippen molar-refractivity contribution in [3.8, 4) is 23.3 Å². The van der Waals surface area contributed by atoms with E-state index in [2.05, 4.69) is 4.74 Å². The van der Waals surface area contributed by atoms with Crippen molar-refractivity contribution in [1.29, 1.82) is 5.26 Å². The van der Waals surface area contributed by atoms with E-state index in [9.17, 15) is 18.8 Å². The van der Waals surface area contributed by atoms with E-state index in [-0.39, 0.29) is 11.7 Å². The summed E-state index contributed by atoms with van der Waals surface area (Å²) < 4.78 is 41.0. The van der Waals surface area contributed by atoms with Gasteiger partial charge in [-0.15, -0.1) is 0 Å². The van der Waals surface area contributed by atoms with Gasteiger partial charge >= 0.3 is 12.6 Å². The molecule has 0 saturated carbocycles. The van der Waals surface area contributed by atoms with E-state index < -0.39 is 24.6 Å². The molecule has 0 fully saturated rings. The van der Waals surface area contributed by atoms with Crippen molar-refractivity contribution in [2.45, 2.75) is 39.4 Å². The molecule has 0 aliphatic carbocycles. The van der Waals surface area contributed by atoms with Crippen molar-refractivity contribution in [3.05, 3.63) is 89.5 Å². The Hall–Kier alpha value is -3.92. The minimum Gasteiger partial charge on any atom is -0.457 e. The van der Waals surface area contributed by atoms with Gasteiger partial charge in [0.05, 0.1) is 5.92 Å². The van der Waals surface area contributed by atoms with Gasteiger partial charge in [0.15, 0.2) is 0 Å². The van der Waals surface area contributed by atoms with E-state index in [4.69, 9.17) is 9.47 Å². The highest BCUT2D eigenvalue weighted by Crippen LogP contribution is 2.33. The lowest BCUT2D eigenvalue weighted by atomic mass is 9.87. The third kappa shape index (κ3) is 6.32. The molecule has 3 rings (SSSR count). The van der Waals surface area contributed by atoms with E-state index >= 15 is 0 Å². The second kappa shape index (κ2) is 11.3. The summed E-state index contributed by atoms with van der Waals surface area (Å²) in [6.07, 6.45) is -1.14. The van der Waals surface area contributed by atoms with E-state index in [0.29, 0.717) is 28.2 Å². The molecule has 0 aliphatic heterocycles. The van der Waals surface area contributed by atoms with Crippen LogP contribution in [0.2, 0.25) is 0 Å². The van der Waals surface area contributed by atoms with Crippen molar-refractivity contribution in [2.75, 3.05) is 0 Å². The van der Waals surface area contributed by atoms with Gasteiger partial charge in [0.25, 0.3) is 0 Å². The van der Waals surface area contributed by atoms with E-state index in [0.717, 1.165) is 0 Å². The summed E-state index contributed by atoms with van der Waals surface area (Å²) in [5.41, 5.74) is 1.54. The molecule has 5 nitrogen and oxygen atoms in total. The van der Waals surface area contributed by atoms with Crippen LogP contribution in [0, 0.1) is 24.2 Å². The molecular formula is C27H25F2NO4. The Bertz CT molecular complexity index is 1160. The highest BCUT2D eigenvalue weighted by Gasteiger charge is 2.29. The summed E-state index contributed by atoms with van der Waals surface area (Å²) in [4.78, 5) is 13.1. The molecule has 34 heavy (non-hydrogen) atoms. The standard InChI is InChI=1S/C27H25F2NO4/c1-17(2)25(20-12-13-23(18(3)14-20)34-27(28)29)26(31)33-24(16-30)19-8-7-11-22(15-19)32-21-9-5-4-6-10-21/h4-15,17,24-25,27H,1-3H3. The number of hydrogen-bond donors (Lipinski definition) is 0. The first-order chi connectivity index (χ1) is 16.3. The Morgan fingerprint density at radius 1 is 0.912 bits per heavy atom. The number of carbonyl (C=O) groups excluding carboxylic acids is 1. The minimum atomic E-state index is -2.94. The van der Waals surface area contributed by atoms with E-state index in [1.165, 1.54) is 6.07 Å². The van der Waals surface area contributed by atoms with Gasteiger partial charge in [-0.05, 0) is 54.3 Å². The molecule has 0 aromatic heterocycles. The van der Waals surface area contributed by atoms with Crippen LogP contribution in [0.3, 0.4) is 0 Å². The van der Waals surface area contributed by atoms with Crippen LogP contribution in [0.4, 0.5) is 8.78 Å². The number of halogens is 2. The number of para-hydroxylation sites is 1. The first-order valence-electron chi connectivity index (χ1n) is 10.8. The van der Waals surface area contributed by atoms with E-state index in [1.54, 1.807) is 55.5 Å². The molecule has 2 unspecified atom stereocenters. The monoisotopic (exact) mass is 465 g/mol. The summed E-state index contributed by atoms with van der Waals surface area (Å²) in [6, 6.07) is 22.6. The molecule has 3 aromatic rings. The minimum absolute atomic E-state index is 0.0414. The average molecular weight is 465 g/mol. The Morgan fingerprint density at radius 2 is 1.62 bits per heavy atom. The number of benzene rings is 3. The lowest BCUT2D eigenvalue weighted by Gasteiger charge is -2.23.